The van der Waals surface area contributed by atoms with Crippen molar-refractivity contribution in [2.45, 2.75) is 65.7 Å². The highest BCUT2D eigenvalue weighted by Crippen LogP contribution is 2.44. The van der Waals surface area contributed by atoms with Gasteiger partial charge in [-0.3, -0.25) is 4.57 Å². The Balaban J connectivity index is 1.39. The molecule has 9 rings (SSSR count). The fourth-order valence-electron chi connectivity index (χ4n) is 7.71. The first kappa shape index (κ1) is 32.1. The molecule has 0 atom stereocenters. The first-order valence-electron chi connectivity index (χ1n) is 18.3. The molecule has 3 heterocycles. The van der Waals surface area contributed by atoms with Crippen LogP contribution in [0.15, 0.2) is 120 Å². The van der Waals surface area contributed by atoms with Crippen molar-refractivity contribution in [3.8, 4) is 28.2 Å². The van der Waals surface area contributed by atoms with Crippen molar-refractivity contribution in [2.75, 3.05) is 0 Å². The van der Waals surface area contributed by atoms with E-state index in [-0.39, 0.29) is 17.3 Å². The van der Waals surface area contributed by atoms with Gasteiger partial charge in [0.2, 0.25) is 0 Å². The van der Waals surface area contributed by atoms with Crippen molar-refractivity contribution in [1.29, 1.82) is 0 Å². The lowest BCUT2D eigenvalue weighted by atomic mass is 9.88. The van der Waals surface area contributed by atoms with Gasteiger partial charge >= 0.3 is 0 Å². The smallest absolute Gasteiger partial charge is 0.149 e. The van der Waals surface area contributed by atoms with Crippen LogP contribution in [0.4, 0.5) is 0 Å². The van der Waals surface area contributed by atoms with Gasteiger partial charge in [-0.05, 0) is 69.8 Å². The maximum absolute atomic E-state index is 6.86. The minimum absolute atomic E-state index is 0.156. The first-order valence-corrected chi connectivity index (χ1v) is 18.3. The van der Waals surface area contributed by atoms with Crippen molar-refractivity contribution in [3.63, 3.8) is 0 Å². The Labute approximate surface area is 304 Å². The summed E-state index contributed by atoms with van der Waals surface area (Å²) in [7, 11) is 0. The van der Waals surface area contributed by atoms with Crippen molar-refractivity contribution < 1.29 is 4.42 Å². The third-order valence-electron chi connectivity index (χ3n) is 10.4. The molecule has 5 nitrogen and oxygen atoms in total. The van der Waals surface area contributed by atoms with Gasteiger partial charge in [-0.1, -0.05) is 121 Å². The molecule has 0 N–H and O–H groups in total. The summed E-state index contributed by atoms with van der Waals surface area (Å²) < 4.78 is 9.31. The number of furan rings is 1. The maximum atomic E-state index is 6.86. The van der Waals surface area contributed by atoms with E-state index in [1.807, 2.05) is 6.20 Å². The van der Waals surface area contributed by atoms with Crippen molar-refractivity contribution >= 4 is 54.6 Å². The molecule has 9 aromatic rings. The number of para-hydroxylation sites is 1. The number of imidazole rings is 1. The molecule has 5 heteroatoms. The van der Waals surface area contributed by atoms with E-state index >= 15 is 0 Å². The second-order valence-corrected chi connectivity index (χ2v) is 15.7. The van der Waals surface area contributed by atoms with Crippen molar-refractivity contribution in [3.05, 3.63) is 132 Å². The second-order valence-electron chi connectivity index (χ2n) is 15.7. The van der Waals surface area contributed by atoms with Crippen LogP contribution >= 0.6 is 0 Å². The molecule has 52 heavy (non-hydrogen) atoms. The third kappa shape index (κ3) is 5.10. The standard InChI is InChI=1S/C47H42N4O/c1-27(2)36-22-31(29-14-9-8-10-15-29)23-37(28(3)4)42(36)51-43-33-17-12-11-16-30(33)20-21-39(43)49-45(51)35-19-13-18-34-38-24-32-26-48-46(47(5,6)7)50-40(32)25-41(38)52-44(34)35/h8-28H,1-7H3. The van der Waals surface area contributed by atoms with E-state index in [1.165, 1.54) is 38.7 Å². The number of hydrogen-bond donors (Lipinski definition) is 0. The number of benzene rings is 6. The monoisotopic (exact) mass is 678 g/mol. The molecular weight excluding hydrogens is 637 g/mol. The summed E-state index contributed by atoms with van der Waals surface area (Å²) in [5.74, 6) is 2.19. The zero-order chi connectivity index (χ0) is 35.9. The minimum Gasteiger partial charge on any atom is -0.455 e. The number of hydrogen-bond acceptors (Lipinski definition) is 4. The van der Waals surface area contributed by atoms with Gasteiger partial charge in [-0.2, -0.15) is 0 Å². The van der Waals surface area contributed by atoms with Crippen LogP contribution in [0.2, 0.25) is 0 Å². The molecule has 0 amide bonds. The normalized spacial score (nSPS) is 12.5. The quantitative estimate of drug-likeness (QED) is 0.182. The van der Waals surface area contributed by atoms with E-state index in [0.29, 0.717) is 0 Å². The Morgan fingerprint density at radius 3 is 2.06 bits per heavy atom. The third-order valence-corrected chi connectivity index (χ3v) is 10.4. The lowest BCUT2D eigenvalue weighted by Crippen LogP contribution is -2.15. The van der Waals surface area contributed by atoms with E-state index < -0.39 is 0 Å². The SMILES string of the molecule is CC(C)c1cc(-c2ccccc2)cc(C(C)C)c1-n1c(-c2cccc3c2oc2cc4nc(C(C)(C)C)ncc4cc23)nc2ccc3ccccc3c21. The van der Waals surface area contributed by atoms with Gasteiger partial charge in [0, 0.05) is 39.2 Å². The molecule has 0 bridgehead atoms. The van der Waals surface area contributed by atoms with Crippen LogP contribution in [0.5, 0.6) is 0 Å². The topological polar surface area (TPSA) is 56.7 Å². The summed E-state index contributed by atoms with van der Waals surface area (Å²) >= 11 is 0. The summed E-state index contributed by atoms with van der Waals surface area (Å²) in [5.41, 5.74) is 11.6. The summed E-state index contributed by atoms with van der Waals surface area (Å²) in [4.78, 5) is 15.2. The molecule has 0 spiro atoms. The Morgan fingerprint density at radius 1 is 0.615 bits per heavy atom. The highest BCUT2D eigenvalue weighted by Gasteiger charge is 2.27. The van der Waals surface area contributed by atoms with E-state index in [4.69, 9.17) is 19.4 Å². The van der Waals surface area contributed by atoms with Gasteiger partial charge in [0.15, 0.2) is 0 Å². The average Bonchev–Trinajstić information content (AvgIpc) is 3.71. The molecule has 0 aliphatic carbocycles. The molecule has 6 aromatic carbocycles. The van der Waals surface area contributed by atoms with E-state index in [0.717, 1.165) is 61.1 Å². The number of fused-ring (bicyclic) bond motifs is 7. The van der Waals surface area contributed by atoms with Gasteiger partial charge in [0.1, 0.15) is 22.8 Å². The van der Waals surface area contributed by atoms with Gasteiger partial charge in [0.05, 0.1) is 27.8 Å². The lowest BCUT2D eigenvalue weighted by molar-refractivity contribution is 0.548. The van der Waals surface area contributed by atoms with Crippen LogP contribution in [-0.4, -0.2) is 19.5 Å². The molecule has 0 aliphatic rings. The summed E-state index contributed by atoms with van der Waals surface area (Å²) in [6.45, 7) is 15.6. The average molecular weight is 679 g/mol. The van der Waals surface area contributed by atoms with Crippen LogP contribution in [0.3, 0.4) is 0 Å². The van der Waals surface area contributed by atoms with Crippen LogP contribution in [0, 0.1) is 0 Å². The Bertz CT molecular complexity index is 2800. The van der Waals surface area contributed by atoms with E-state index in [9.17, 15) is 0 Å². The molecule has 0 radical (unpaired) electrons. The second kappa shape index (κ2) is 11.9. The zero-order valence-electron chi connectivity index (χ0n) is 30.8. The Hall–Kier alpha value is -5.81. The van der Waals surface area contributed by atoms with Crippen LogP contribution in [0.25, 0.3) is 82.8 Å². The molecule has 0 saturated heterocycles. The van der Waals surface area contributed by atoms with Gasteiger partial charge in [0.25, 0.3) is 0 Å². The van der Waals surface area contributed by atoms with Crippen molar-refractivity contribution in [2.24, 2.45) is 0 Å². The number of nitrogens with zero attached hydrogens (tertiary/aromatic N) is 4. The van der Waals surface area contributed by atoms with Gasteiger partial charge in [-0.25, -0.2) is 15.0 Å². The fraction of sp³-hybridized carbons (Fsp3) is 0.213. The van der Waals surface area contributed by atoms with Gasteiger partial charge < -0.3 is 4.42 Å². The molecule has 0 aliphatic heterocycles. The van der Waals surface area contributed by atoms with E-state index in [1.54, 1.807) is 0 Å². The van der Waals surface area contributed by atoms with Crippen LogP contribution < -0.4 is 0 Å². The molecule has 0 unspecified atom stereocenters. The Kier molecular flexibility index (Phi) is 7.34. The minimum atomic E-state index is -0.156. The summed E-state index contributed by atoms with van der Waals surface area (Å²) in [5, 5.41) is 5.44. The lowest BCUT2D eigenvalue weighted by Gasteiger charge is -2.24. The summed E-state index contributed by atoms with van der Waals surface area (Å²) in [6.07, 6.45) is 1.94. The highest BCUT2D eigenvalue weighted by molar-refractivity contribution is 6.13. The summed E-state index contributed by atoms with van der Waals surface area (Å²) in [6, 6.07) is 39.2. The van der Waals surface area contributed by atoms with Crippen LogP contribution in [-0.2, 0) is 5.41 Å². The molecule has 3 aromatic heterocycles. The Morgan fingerprint density at radius 2 is 1.33 bits per heavy atom. The van der Waals surface area contributed by atoms with Crippen molar-refractivity contribution in [1.82, 2.24) is 19.5 Å². The molecular formula is C47H42N4O. The fourth-order valence-corrected chi connectivity index (χ4v) is 7.71. The zero-order valence-corrected chi connectivity index (χ0v) is 30.8. The predicted octanol–water partition coefficient (Wildman–Crippen LogP) is 12.9. The molecule has 256 valence electrons. The van der Waals surface area contributed by atoms with Gasteiger partial charge in [-0.15, -0.1) is 0 Å². The van der Waals surface area contributed by atoms with E-state index in [2.05, 4.69) is 162 Å². The predicted molar refractivity (Wildman–Crippen MR) is 217 cm³/mol. The molecule has 0 fully saturated rings. The number of aromatic nitrogens is 4. The largest absolute Gasteiger partial charge is 0.455 e. The number of rotatable bonds is 5. The highest BCUT2D eigenvalue weighted by atomic mass is 16.3. The maximum Gasteiger partial charge on any atom is 0.149 e. The molecule has 0 saturated carbocycles. The first-order chi connectivity index (χ1) is 25.1. The van der Waals surface area contributed by atoms with Crippen LogP contribution in [0.1, 0.15) is 77.3 Å².